The van der Waals surface area contributed by atoms with Gasteiger partial charge in [0.05, 0.1) is 16.7 Å². The first-order valence-electron chi connectivity index (χ1n) is 6.17. The standard InChI is InChI=1S/C14H19ClN2O/c1-4-5-12-13(17-9(2)10(3)18)7-6-11(8-16)14(12)15/h6-7,9-10,17-18H,4-5H2,1-3H3/t9-,10-/m0/s1. The number of hydrogen-bond donors (Lipinski definition) is 2. The van der Waals surface area contributed by atoms with Gasteiger partial charge in [-0.2, -0.15) is 5.26 Å². The fourth-order valence-electron chi connectivity index (χ4n) is 1.70. The number of nitrogens with one attached hydrogen (secondary N) is 1. The highest BCUT2D eigenvalue weighted by atomic mass is 35.5. The molecular formula is C14H19ClN2O. The lowest BCUT2D eigenvalue weighted by atomic mass is 10.0. The van der Waals surface area contributed by atoms with Crippen molar-refractivity contribution in [2.75, 3.05) is 5.32 Å². The molecule has 0 heterocycles. The fraction of sp³-hybridized carbons (Fsp3) is 0.500. The van der Waals surface area contributed by atoms with Crippen molar-refractivity contribution >= 4 is 17.3 Å². The minimum absolute atomic E-state index is 0.0652. The molecule has 0 unspecified atom stereocenters. The molecule has 4 heteroatoms. The first-order valence-corrected chi connectivity index (χ1v) is 6.55. The first-order chi connectivity index (χ1) is 8.51. The SMILES string of the molecule is CCCc1c(N[C@@H](C)[C@H](C)O)ccc(C#N)c1Cl. The zero-order chi connectivity index (χ0) is 13.7. The van der Waals surface area contributed by atoms with Crippen molar-refractivity contribution in [3.05, 3.63) is 28.3 Å². The Balaban J connectivity index is 3.12. The molecule has 0 aliphatic carbocycles. The highest BCUT2D eigenvalue weighted by molar-refractivity contribution is 6.32. The van der Waals surface area contributed by atoms with Crippen LogP contribution in [0.4, 0.5) is 5.69 Å². The number of halogens is 1. The Morgan fingerprint density at radius 3 is 2.61 bits per heavy atom. The van der Waals surface area contributed by atoms with Gasteiger partial charge >= 0.3 is 0 Å². The lowest BCUT2D eigenvalue weighted by molar-refractivity contribution is 0.178. The van der Waals surface area contributed by atoms with E-state index < -0.39 is 6.10 Å². The predicted molar refractivity (Wildman–Crippen MR) is 74.9 cm³/mol. The Bertz CT molecular complexity index is 452. The van der Waals surface area contributed by atoms with Crippen LogP contribution in [0, 0.1) is 11.3 Å². The van der Waals surface area contributed by atoms with Crippen LogP contribution < -0.4 is 5.32 Å². The second-order valence-electron chi connectivity index (χ2n) is 4.49. The number of anilines is 1. The Hall–Kier alpha value is -1.24. The highest BCUT2D eigenvalue weighted by Gasteiger charge is 2.14. The van der Waals surface area contributed by atoms with Crippen LogP contribution in [0.1, 0.15) is 38.3 Å². The third-order valence-electron chi connectivity index (χ3n) is 2.97. The third kappa shape index (κ3) is 3.38. The summed E-state index contributed by atoms with van der Waals surface area (Å²) in [5, 5.41) is 22.3. The Morgan fingerprint density at radius 2 is 2.11 bits per heavy atom. The molecule has 98 valence electrons. The highest BCUT2D eigenvalue weighted by Crippen LogP contribution is 2.29. The number of hydrogen-bond acceptors (Lipinski definition) is 3. The molecule has 0 aromatic heterocycles. The summed E-state index contributed by atoms with van der Waals surface area (Å²) in [4.78, 5) is 0. The van der Waals surface area contributed by atoms with E-state index in [1.54, 1.807) is 13.0 Å². The molecule has 1 rings (SSSR count). The van der Waals surface area contributed by atoms with Crippen LogP contribution in [0.25, 0.3) is 0 Å². The van der Waals surface area contributed by atoms with Gasteiger partial charge in [-0.15, -0.1) is 0 Å². The van der Waals surface area contributed by atoms with Crippen molar-refractivity contribution < 1.29 is 5.11 Å². The van der Waals surface area contributed by atoms with Gasteiger partial charge in [0.15, 0.2) is 0 Å². The van der Waals surface area contributed by atoms with Gasteiger partial charge in [-0.25, -0.2) is 0 Å². The molecule has 1 aromatic rings. The van der Waals surface area contributed by atoms with Crippen LogP contribution >= 0.6 is 11.6 Å². The van der Waals surface area contributed by atoms with E-state index in [0.29, 0.717) is 10.6 Å². The number of aliphatic hydroxyl groups is 1. The van der Waals surface area contributed by atoms with Crippen LogP contribution in [0.2, 0.25) is 5.02 Å². The van der Waals surface area contributed by atoms with E-state index >= 15 is 0 Å². The molecule has 0 aliphatic heterocycles. The summed E-state index contributed by atoms with van der Waals surface area (Å²) in [6.07, 6.45) is 1.31. The molecule has 1 aromatic carbocycles. The molecule has 2 N–H and O–H groups in total. The van der Waals surface area contributed by atoms with Crippen molar-refractivity contribution in [2.45, 2.75) is 45.8 Å². The third-order valence-corrected chi connectivity index (χ3v) is 3.40. The number of aliphatic hydroxyl groups excluding tert-OH is 1. The normalized spacial score (nSPS) is 13.8. The van der Waals surface area contributed by atoms with E-state index in [0.717, 1.165) is 24.1 Å². The summed E-state index contributed by atoms with van der Waals surface area (Å²) in [5.41, 5.74) is 2.34. The van der Waals surface area contributed by atoms with Gasteiger partial charge in [0.1, 0.15) is 6.07 Å². The zero-order valence-corrected chi connectivity index (χ0v) is 11.8. The molecule has 2 atom stereocenters. The Kier molecular flexibility index (Phi) is 5.46. The quantitative estimate of drug-likeness (QED) is 0.859. The summed E-state index contributed by atoms with van der Waals surface area (Å²) >= 11 is 6.23. The molecule has 0 radical (unpaired) electrons. The van der Waals surface area contributed by atoms with E-state index in [9.17, 15) is 5.11 Å². The zero-order valence-electron chi connectivity index (χ0n) is 11.0. The number of benzene rings is 1. The summed E-state index contributed by atoms with van der Waals surface area (Å²) in [6.45, 7) is 5.71. The molecule has 0 aliphatic rings. The van der Waals surface area contributed by atoms with Crippen molar-refractivity contribution in [1.29, 1.82) is 5.26 Å². The molecule has 3 nitrogen and oxygen atoms in total. The van der Waals surface area contributed by atoms with Crippen molar-refractivity contribution in [2.24, 2.45) is 0 Å². The first kappa shape index (κ1) is 14.8. The second-order valence-corrected chi connectivity index (χ2v) is 4.87. The number of rotatable bonds is 5. The van der Waals surface area contributed by atoms with Crippen LogP contribution in [0.15, 0.2) is 12.1 Å². The lowest BCUT2D eigenvalue weighted by Crippen LogP contribution is -2.28. The van der Waals surface area contributed by atoms with Gasteiger partial charge in [-0.1, -0.05) is 24.9 Å². The second kappa shape index (κ2) is 6.63. The van der Waals surface area contributed by atoms with Crippen molar-refractivity contribution in [3.63, 3.8) is 0 Å². The molecule has 0 spiro atoms. The van der Waals surface area contributed by atoms with Gasteiger partial charge in [-0.3, -0.25) is 0 Å². The molecule has 0 saturated heterocycles. The van der Waals surface area contributed by atoms with Crippen molar-refractivity contribution in [3.8, 4) is 6.07 Å². The van der Waals surface area contributed by atoms with Crippen LogP contribution in [0.5, 0.6) is 0 Å². The molecule has 0 bridgehead atoms. The van der Waals surface area contributed by atoms with Gasteiger partial charge < -0.3 is 10.4 Å². The predicted octanol–water partition coefficient (Wildman–Crippen LogP) is 3.35. The van der Waals surface area contributed by atoms with E-state index in [1.807, 2.05) is 13.0 Å². The fourth-order valence-corrected chi connectivity index (χ4v) is 2.00. The topological polar surface area (TPSA) is 56.0 Å². The van der Waals surface area contributed by atoms with Crippen LogP contribution in [-0.4, -0.2) is 17.3 Å². The Labute approximate surface area is 113 Å². The van der Waals surface area contributed by atoms with Gasteiger partial charge in [-0.05, 0) is 38.0 Å². The van der Waals surface area contributed by atoms with E-state index in [4.69, 9.17) is 16.9 Å². The van der Waals surface area contributed by atoms with Gasteiger partial charge in [0.25, 0.3) is 0 Å². The van der Waals surface area contributed by atoms with Gasteiger partial charge in [0.2, 0.25) is 0 Å². The average Bonchev–Trinajstić information content (AvgIpc) is 2.33. The van der Waals surface area contributed by atoms with E-state index in [1.165, 1.54) is 0 Å². The summed E-state index contributed by atoms with van der Waals surface area (Å²) in [5.74, 6) is 0. The monoisotopic (exact) mass is 266 g/mol. The summed E-state index contributed by atoms with van der Waals surface area (Å²) in [7, 11) is 0. The largest absolute Gasteiger partial charge is 0.391 e. The van der Waals surface area contributed by atoms with Gasteiger partial charge in [0, 0.05) is 11.7 Å². The molecule has 0 fully saturated rings. The lowest BCUT2D eigenvalue weighted by Gasteiger charge is -2.21. The summed E-state index contributed by atoms with van der Waals surface area (Å²) in [6, 6.07) is 5.59. The molecular weight excluding hydrogens is 248 g/mol. The number of nitriles is 1. The molecule has 0 saturated carbocycles. The smallest absolute Gasteiger partial charge is 0.101 e. The van der Waals surface area contributed by atoms with E-state index in [2.05, 4.69) is 18.3 Å². The Morgan fingerprint density at radius 1 is 1.44 bits per heavy atom. The van der Waals surface area contributed by atoms with Crippen molar-refractivity contribution in [1.82, 2.24) is 0 Å². The van der Waals surface area contributed by atoms with E-state index in [-0.39, 0.29) is 6.04 Å². The summed E-state index contributed by atoms with van der Waals surface area (Å²) < 4.78 is 0. The molecule has 18 heavy (non-hydrogen) atoms. The maximum absolute atomic E-state index is 9.53. The maximum Gasteiger partial charge on any atom is 0.101 e. The minimum Gasteiger partial charge on any atom is -0.391 e. The number of nitrogens with zero attached hydrogens (tertiary/aromatic N) is 1. The molecule has 0 amide bonds. The maximum atomic E-state index is 9.53. The van der Waals surface area contributed by atoms with Crippen LogP contribution in [0.3, 0.4) is 0 Å². The van der Waals surface area contributed by atoms with Crippen LogP contribution in [-0.2, 0) is 6.42 Å². The minimum atomic E-state index is -0.450. The average molecular weight is 267 g/mol.